The summed E-state index contributed by atoms with van der Waals surface area (Å²) in [6, 6.07) is 23.4. The average molecular weight is 496 g/mol. The number of fused-ring (bicyclic) bond motifs is 3. The zero-order valence-electron chi connectivity index (χ0n) is 18.7. The molecule has 3 aromatic carbocycles. The Hall–Kier alpha value is -3.73. The molecular weight excluding hydrogens is 470 g/mol. The molecule has 0 saturated heterocycles. The zero-order valence-corrected chi connectivity index (χ0v) is 19.5. The molecule has 0 spiro atoms. The van der Waals surface area contributed by atoms with Gasteiger partial charge in [-0.25, -0.2) is 23.3 Å². The van der Waals surface area contributed by atoms with Crippen LogP contribution in [0.3, 0.4) is 0 Å². The number of carbonyl (C=O) groups is 2. The lowest BCUT2D eigenvalue weighted by Gasteiger charge is -2.19. The molecule has 9 nitrogen and oxygen atoms in total. The molecule has 2 atom stereocenters. The molecule has 1 aliphatic carbocycles. The van der Waals surface area contributed by atoms with Crippen molar-refractivity contribution >= 4 is 22.3 Å². The maximum absolute atomic E-state index is 12.6. The summed E-state index contributed by atoms with van der Waals surface area (Å²) in [5.41, 5.74) is 4.97. The maximum atomic E-state index is 12.6. The van der Waals surface area contributed by atoms with Gasteiger partial charge in [-0.15, -0.1) is 0 Å². The standard InChI is InChI=1S/C25H25N3O6S/c26-35(31,32)27-14-23(24(29)33-15-17-8-2-1-3-9-17)28-25(30)34-16-22-20-12-6-4-10-18(20)19-11-5-7-13-21(19)22/h1-13,22-23H,14-16H2,(H,28,30)(H3,26,27,31,32)/t23-/m0/s1. The van der Waals surface area contributed by atoms with E-state index in [-0.39, 0.29) is 19.1 Å². The van der Waals surface area contributed by atoms with E-state index in [0.717, 1.165) is 27.8 Å². The summed E-state index contributed by atoms with van der Waals surface area (Å²) in [7, 11) is -4.10. The van der Waals surface area contributed by atoms with Gasteiger partial charge in [0.15, 0.2) is 0 Å². The molecule has 0 bridgehead atoms. The highest BCUT2D eigenvalue weighted by Gasteiger charge is 2.30. The van der Waals surface area contributed by atoms with E-state index < -0.39 is 34.8 Å². The van der Waals surface area contributed by atoms with Crippen molar-refractivity contribution in [2.45, 2.75) is 18.6 Å². The number of ether oxygens (including phenoxy) is 2. The lowest BCUT2D eigenvalue weighted by atomic mass is 9.98. The third-order valence-corrected chi connectivity index (χ3v) is 6.19. The fraction of sp³-hybridized carbons (Fsp3) is 0.200. The van der Waals surface area contributed by atoms with Crippen molar-refractivity contribution in [3.8, 4) is 11.1 Å². The molecule has 35 heavy (non-hydrogen) atoms. The van der Waals surface area contributed by atoms with Crippen LogP contribution >= 0.6 is 0 Å². The fourth-order valence-electron chi connectivity index (χ4n) is 4.00. The van der Waals surface area contributed by atoms with Crippen LogP contribution in [-0.2, 0) is 31.1 Å². The van der Waals surface area contributed by atoms with Crippen LogP contribution < -0.4 is 10.0 Å². The zero-order chi connectivity index (χ0) is 24.8. The molecule has 0 heterocycles. The first kappa shape index (κ1) is 24.4. The normalized spacial score (nSPS) is 14.8. The molecule has 1 aliphatic rings. The van der Waals surface area contributed by atoms with Gasteiger partial charge in [-0.3, -0.25) is 4.55 Å². The summed E-state index contributed by atoms with van der Waals surface area (Å²) < 4.78 is 40.3. The molecule has 0 aromatic heterocycles. The summed E-state index contributed by atoms with van der Waals surface area (Å²) in [6.45, 7) is -0.497. The van der Waals surface area contributed by atoms with Gasteiger partial charge in [0, 0.05) is 12.5 Å². The number of amides is 1. The summed E-state index contributed by atoms with van der Waals surface area (Å²) in [5, 5.41) is 2.38. The molecule has 4 N–H and O–H groups in total. The number of rotatable bonds is 9. The number of benzene rings is 3. The van der Waals surface area contributed by atoms with Crippen LogP contribution in [0.1, 0.15) is 22.6 Å². The highest BCUT2D eigenvalue weighted by Crippen LogP contribution is 2.44. The number of esters is 1. The molecular formula is C25H25N3O6S. The Labute approximate surface area is 203 Å². The Morgan fingerprint density at radius 2 is 1.49 bits per heavy atom. The van der Waals surface area contributed by atoms with Crippen LogP contribution in [0.5, 0.6) is 0 Å². The molecule has 10 heteroatoms. The number of alkyl carbamates (subject to hydrolysis) is 1. The van der Waals surface area contributed by atoms with E-state index in [1.165, 1.54) is 0 Å². The van der Waals surface area contributed by atoms with E-state index in [4.69, 9.17) is 14.3 Å². The van der Waals surface area contributed by atoms with Crippen LogP contribution in [0.4, 0.5) is 4.79 Å². The molecule has 1 amide bonds. The highest BCUT2D eigenvalue weighted by atomic mass is 32.2. The van der Waals surface area contributed by atoms with Crippen molar-refractivity contribution in [3.63, 3.8) is 0 Å². The molecule has 0 aliphatic heterocycles. The van der Waals surface area contributed by atoms with Crippen LogP contribution in [0, 0.1) is 4.78 Å². The number of hydrogen-bond donors (Lipinski definition) is 4. The first-order valence-electron chi connectivity index (χ1n) is 10.9. The quantitative estimate of drug-likeness (QED) is 0.334. The SMILES string of the molecule is N=S(=O)(O)NC[C@H](NC(=O)OCC1c2ccccc2-c2ccccc21)C(=O)OCc1ccccc1. The van der Waals surface area contributed by atoms with E-state index >= 15 is 0 Å². The van der Waals surface area contributed by atoms with Crippen molar-refractivity contribution in [3.05, 3.63) is 95.6 Å². The van der Waals surface area contributed by atoms with E-state index in [2.05, 4.69) is 5.32 Å². The topological polar surface area (TPSA) is 138 Å². The van der Waals surface area contributed by atoms with Gasteiger partial charge in [0.25, 0.3) is 0 Å². The summed E-state index contributed by atoms with van der Waals surface area (Å²) in [4.78, 5) is 25.2. The van der Waals surface area contributed by atoms with Gasteiger partial charge < -0.3 is 14.8 Å². The summed E-state index contributed by atoms with van der Waals surface area (Å²) in [5.74, 6) is -1.00. The van der Waals surface area contributed by atoms with Gasteiger partial charge >= 0.3 is 12.1 Å². The van der Waals surface area contributed by atoms with E-state index in [9.17, 15) is 18.4 Å². The lowest BCUT2D eigenvalue weighted by molar-refractivity contribution is -0.147. The predicted molar refractivity (Wildman–Crippen MR) is 130 cm³/mol. The van der Waals surface area contributed by atoms with Crippen molar-refractivity contribution in [1.29, 1.82) is 4.78 Å². The van der Waals surface area contributed by atoms with Crippen LogP contribution in [-0.4, -0.2) is 40.0 Å². The molecule has 1 unspecified atom stereocenters. The Balaban J connectivity index is 1.40. The van der Waals surface area contributed by atoms with Crippen LogP contribution in [0.2, 0.25) is 0 Å². The Bertz CT molecular complexity index is 1270. The monoisotopic (exact) mass is 495 g/mol. The second-order valence-electron chi connectivity index (χ2n) is 7.99. The minimum absolute atomic E-state index is 0.0360. The van der Waals surface area contributed by atoms with Gasteiger partial charge in [0.1, 0.15) is 19.3 Å². The highest BCUT2D eigenvalue weighted by molar-refractivity contribution is 7.84. The van der Waals surface area contributed by atoms with E-state index in [1.54, 1.807) is 24.3 Å². The smallest absolute Gasteiger partial charge is 0.407 e. The molecule has 3 aromatic rings. The van der Waals surface area contributed by atoms with Crippen LogP contribution in [0.15, 0.2) is 78.9 Å². The Morgan fingerprint density at radius 3 is 2.09 bits per heavy atom. The Morgan fingerprint density at radius 1 is 0.914 bits per heavy atom. The average Bonchev–Trinajstić information content (AvgIpc) is 3.17. The third kappa shape index (κ3) is 6.24. The number of nitrogens with one attached hydrogen (secondary N) is 3. The summed E-state index contributed by atoms with van der Waals surface area (Å²) >= 11 is 0. The first-order valence-corrected chi connectivity index (χ1v) is 12.4. The first-order chi connectivity index (χ1) is 16.8. The maximum Gasteiger partial charge on any atom is 0.407 e. The molecule has 0 saturated carbocycles. The molecule has 0 radical (unpaired) electrons. The second-order valence-corrected chi connectivity index (χ2v) is 9.33. The van der Waals surface area contributed by atoms with Gasteiger partial charge in [-0.2, -0.15) is 0 Å². The number of carbonyl (C=O) groups excluding carboxylic acids is 2. The molecule has 0 fully saturated rings. The van der Waals surface area contributed by atoms with Gasteiger partial charge in [0.05, 0.1) is 0 Å². The van der Waals surface area contributed by atoms with Crippen molar-refractivity contribution in [2.75, 3.05) is 13.2 Å². The summed E-state index contributed by atoms with van der Waals surface area (Å²) in [6.07, 6.45) is -0.884. The minimum atomic E-state index is -4.10. The largest absolute Gasteiger partial charge is 0.459 e. The molecule has 182 valence electrons. The van der Waals surface area contributed by atoms with E-state index in [1.807, 2.05) is 59.3 Å². The van der Waals surface area contributed by atoms with E-state index in [0.29, 0.717) is 0 Å². The van der Waals surface area contributed by atoms with Crippen LogP contribution in [0.25, 0.3) is 11.1 Å². The Kier molecular flexibility index (Phi) is 7.45. The van der Waals surface area contributed by atoms with Gasteiger partial charge in [0.2, 0.25) is 10.2 Å². The molecule has 4 rings (SSSR count). The lowest BCUT2D eigenvalue weighted by Crippen LogP contribution is -2.49. The predicted octanol–water partition coefficient (Wildman–Crippen LogP) is 3.66. The fourth-order valence-corrected chi connectivity index (χ4v) is 4.39. The van der Waals surface area contributed by atoms with Crippen molar-refractivity contribution in [1.82, 2.24) is 10.0 Å². The van der Waals surface area contributed by atoms with Crippen molar-refractivity contribution < 1.29 is 27.8 Å². The van der Waals surface area contributed by atoms with Gasteiger partial charge in [-0.05, 0) is 27.8 Å². The van der Waals surface area contributed by atoms with Crippen molar-refractivity contribution in [2.24, 2.45) is 0 Å². The van der Waals surface area contributed by atoms with Gasteiger partial charge in [-0.1, -0.05) is 78.9 Å². The second kappa shape index (κ2) is 10.7. The minimum Gasteiger partial charge on any atom is -0.459 e. The number of hydrogen-bond acceptors (Lipinski definition) is 6. The third-order valence-electron chi connectivity index (χ3n) is 5.63.